The zero-order valence-corrected chi connectivity index (χ0v) is 26.5. The molecule has 3 N–H and O–H groups in total. The molecule has 12 heteroatoms. The Morgan fingerprint density at radius 3 is 2.29 bits per heavy atom. The van der Waals surface area contributed by atoms with E-state index < -0.39 is 17.4 Å². The Hall–Kier alpha value is -5.85. The third-order valence-electron chi connectivity index (χ3n) is 8.24. The van der Waals surface area contributed by atoms with Crippen LogP contribution in [0.3, 0.4) is 0 Å². The third kappa shape index (κ3) is 8.29. The molecule has 4 aromatic rings. The molecule has 3 heterocycles. The molecule has 0 saturated carbocycles. The number of benzene rings is 2. The van der Waals surface area contributed by atoms with Gasteiger partial charge in [0, 0.05) is 25.1 Å². The number of aromatic nitrogens is 4. The lowest BCUT2D eigenvalue weighted by Crippen LogP contribution is -2.49. The second-order valence-corrected chi connectivity index (χ2v) is 11.7. The molecule has 0 radical (unpaired) electrons. The smallest absolute Gasteiger partial charge is 0.272 e. The third-order valence-corrected chi connectivity index (χ3v) is 8.24. The van der Waals surface area contributed by atoms with Crippen molar-refractivity contribution in [2.45, 2.75) is 44.2 Å². The minimum atomic E-state index is -1.14. The van der Waals surface area contributed by atoms with E-state index in [0.29, 0.717) is 48.8 Å². The van der Waals surface area contributed by atoms with Gasteiger partial charge >= 0.3 is 0 Å². The molecule has 12 nitrogen and oxygen atoms in total. The molecule has 2 aromatic heterocycles. The van der Waals surface area contributed by atoms with Crippen molar-refractivity contribution in [2.75, 3.05) is 26.2 Å². The number of nitrogens with zero attached hydrogens (tertiary/aromatic N) is 5. The Morgan fingerprint density at radius 1 is 0.979 bits per heavy atom. The highest BCUT2D eigenvalue weighted by Gasteiger charge is 2.35. The highest BCUT2D eigenvalue weighted by Crippen LogP contribution is 2.26. The second-order valence-electron chi connectivity index (χ2n) is 11.7. The average molecular weight is 646 g/mol. The number of fused-ring (bicyclic) bond motifs is 1. The van der Waals surface area contributed by atoms with Crippen molar-refractivity contribution in [1.82, 2.24) is 35.3 Å². The van der Waals surface area contributed by atoms with Gasteiger partial charge in [0.15, 0.2) is 11.4 Å². The van der Waals surface area contributed by atoms with Crippen LogP contribution in [0.15, 0.2) is 71.8 Å². The van der Waals surface area contributed by atoms with Crippen molar-refractivity contribution in [3.8, 4) is 24.2 Å². The Labute approximate surface area is 277 Å². The van der Waals surface area contributed by atoms with Crippen molar-refractivity contribution in [3.05, 3.63) is 99.9 Å². The molecule has 5 rings (SSSR count). The molecular weight excluding hydrogens is 610 g/mol. The highest BCUT2D eigenvalue weighted by molar-refractivity contribution is 5.95. The molecular formula is C36H35N7O5. The largest absolute Gasteiger partial charge is 0.388 e. The van der Waals surface area contributed by atoms with Gasteiger partial charge in [-0.1, -0.05) is 55.0 Å². The van der Waals surface area contributed by atoms with E-state index in [-0.39, 0.29) is 48.4 Å². The van der Waals surface area contributed by atoms with Crippen LogP contribution in [-0.4, -0.2) is 79.3 Å². The van der Waals surface area contributed by atoms with Gasteiger partial charge in [-0.15, -0.1) is 16.6 Å². The van der Waals surface area contributed by atoms with Gasteiger partial charge in [-0.25, -0.2) is 4.98 Å². The maximum Gasteiger partial charge on any atom is 0.272 e. The van der Waals surface area contributed by atoms with Crippen LogP contribution in [0, 0.1) is 24.2 Å². The molecule has 3 amide bonds. The summed E-state index contributed by atoms with van der Waals surface area (Å²) in [6, 6.07) is 17.7. The zero-order valence-electron chi connectivity index (χ0n) is 26.5. The second kappa shape index (κ2) is 15.2. The van der Waals surface area contributed by atoms with Crippen molar-refractivity contribution < 1.29 is 19.5 Å². The van der Waals surface area contributed by atoms with E-state index in [0.717, 1.165) is 5.56 Å². The molecule has 0 aliphatic carbocycles. The standard InChI is InChI=1S/C36H35N7O5/c1-3-17-37-33(45)29-13-14-30(41-40-29)34(46)38-18-7-8-26-11-12-28-31(22-26)39-24-43(35(28)47)23-36(48)15-19-42(20-16-36)32(44)21-25(2)27-9-5-4-6-10-27/h1,4-6,9-14,22,24-25,48H,15-21,23H2,2H3,(H,37,45)(H,38,46)/t25-/m0/s1. The summed E-state index contributed by atoms with van der Waals surface area (Å²) in [5.41, 5.74) is 0.805. The number of carbonyl (C=O) groups is 3. The molecule has 0 bridgehead atoms. The van der Waals surface area contributed by atoms with Crippen LogP contribution in [0.2, 0.25) is 0 Å². The molecule has 1 atom stereocenters. The van der Waals surface area contributed by atoms with E-state index in [1.54, 1.807) is 23.1 Å². The maximum atomic E-state index is 13.3. The number of amides is 3. The number of aliphatic hydroxyl groups is 1. The number of nitrogens with one attached hydrogen (secondary N) is 2. The number of terminal acetylenes is 1. The molecule has 2 aromatic carbocycles. The van der Waals surface area contributed by atoms with E-state index >= 15 is 0 Å². The lowest BCUT2D eigenvalue weighted by atomic mass is 9.90. The fourth-order valence-corrected chi connectivity index (χ4v) is 5.44. The minimum Gasteiger partial charge on any atom is -0.388 e. The highest BCUT2D eigenvalue weighted by atomic mass is 16.3. The first-order chi connectivity index (χ1) is 23.2. The Morgan fingerprint density at radius 2 is 1.65 bits per heavy atom. The number of carbonyl (C=O) groups excluding carboxylic acids is 3. The summed E-state index contributed by atoms with van der Waals surface area (Å²) < 4.78 is 1.41. The molecule has 1 aliphatic heterocycles. The van der Waals surface area contributed by atoms with Crippen LogP contribution < -0.4 is 16.2 Å². The fraction of sp³-hybridized carbons (Fsp3) is 0.306. The number of rotatable bonds is 9. The van der Waals surface area contributed by atoms with Crippen molar-refractivity contribution in [2.24, 2.45) is 0 Å². The summed E-state index contributed by atoms with van der Waals surface area (Å²) >= 11 is 0. The van der Waals surface area contributed by atoms with E-state index in [1.165, 1.54) is 23.0 Å². The molecule has 1 fully saturated rings. The van der Waals surface area contributed by atoms with Crippen molar-refractivity contribution in [3.63, 3.8) is 0 Å². The molecule has 1 saturated heterocycles. The Bertz CT molecular complexity index is 1970. The van der Waals surface area contributed by atoms with Crippen LogP contribution >= 0.6 is 0 Å². The molecule has 0 spiro atoms. The predicted molar refractivity (Wildman–Crippen MR) is 179 cm³/mol. The van der Waals surface area contributed by atoms with E-state index in [4.69, 9.17) is 6.42 Å². The van der Waals surface area contributed by atoms with E-state index in [9.17, 15) is 24.3 Å². The van der Waals surface area contributed by atoms with E-state index in [2.05, 4.69) is 43.6 Å². The first-order valence-electron chi connectivity index (χ1n) is 15.5. The topological polar surface area (TPSA) is 159 Å². The Kier molecular flexibility index (Phi) is 10.6. The van der Waals surface area contributed by atoms with Crippen molar-refractivity contribution in [1.29, 1.82) is 0 Å². The van der Waals surface area contributed by atoms with Crippen LogP contribution in [0.25, 0.3) is 10.9 Å². The summed E-state index contributed by atoms with van der Waals surface area (Å²) in [5.74, 6) is 7.23. The van der Waals surface area contributed by atoms with Gasteiger partial charge in [0.1, 0.15) is 0 Å². The lowest BCUT2D eigenvalue weighted by Gasteiger charge is -2.38. The molecule has 0 unspecified atom stereocenters. The van der Waals surface area contributed by atoms with Gasteiger partial charge in [0.05, 0.1) is 42.5 Å². The van der Waals surface area contributed by atoms with Crippen LogP contribution in [0.1, 0.15) is 64.2 Å². The SMILES string of the molecule is C#CCNC(=O)c1ccc(C(=O)NCC#Cc2ccc3c(=O)n(CC4(O)CCN(C(=O)C[C@H](C)c5ccccc5)CC4)cnc3c2)nn1. The molecule has 1 aliphatic rings. The van der Waals surface area contributed by atoms with Crippen LogP contribution in [0.5, 0.6) is 0 Å². The number of likely N-dealkylation sites (tertiary alicyclic amines) is 1. The Balaban J connectivity index is 1.13. The average Bonchev–Trinajstić information content (AvgIpc) is 3.10. The number of piperidine rings is 1. The summed E-state index contributed by atoms with van der Waals surface area (Å²) in [6.07, 6.45) is 7.65. The van der Waals surface area contributed by atoms with Gasteiger partial charge < -0.3 is 20.6 Å². The summed E-state index contributed by atoms with van der Waals surface area (Å²) in [7, 11) is 0. The molecule has 48 heavy (non-hydrogen) atoms. The zero-order chi connectivity index (χ0) is 34.1. The first kappa shape index (κ1) is 33.5. The van der Waals surface area contributed by atoms with Gasteiger partial charge in [0.25, 0.3) is 17.4 Å². The summed E-state index contributed by atoms with van der Waals surface area (Å²) in [6.45, 7) is 3.02. The normalized spacial score (nSPS) is 14.2. The number of hydrogen-bond donors (Lipinski definition) is 3. The summed E-state index contributed by atoms with van der Waals surface area (Å²) in [4.78, 5) is 56.7. The predicted octanol–water partition coefficient (Wildman–Crippen LogP) is 1.88. The van der Waals surface area contributed by atoms with E-state index in [1.807, 2.05) is 37.3 Å². The van der Waals surface area contributed by atoms with Gasteiger partial charge in [-0.05, 0) is 54.7 Å². The van der Waals surface area contributed by atoms with Gasteiger partial charge in [-0.2, -0.15) is 0 Å². The fourth-order valence-electron chi connectivity index (χ4n) is 5.44. The first-order valence-corrected chi connectivity index (χ1v) is 15.5. The van der Waals surface area contributed by atoms with Gasteiger partial charge in [0.2, 0.25) is 5.91 Å². The number of hydrogen-bond acceptors (Lipinski definition) is 8. The molecule has 244 valence electrons. The van der Waals surface area contributed by atoms with Crippen LogP contribution in [0.4, 0.5) is 0 Å². The van der Waals surface area contributed by atoms with Crippen LogP contribution in [-0.2, 0) is 11.3 Å². The quantitative estimate of drug-likeness (QED) is 0.233. The van der Waals surface area contributed by atoms with Gasteiger partial charge in [-0.3, -0.25) is 23.7 Å². The van der Waals surface area contributed by atoms with Crippen molar-refractivity contribution >= 4 is 28.6 Å². The summed E-state index contributed by atoms with van der Waals surface area (Å²) in [5, 5.41) is 24.3. The minimum absolute atomic E-state index is 0.0195. The maximum absolute atomic E-state index is 13.3. The monoisotopic (exact) mass is 645 g/mol. The lowest BCUT2D eigenvalue weighted by molar-refractivity contribution is -0.136.